The van der Waals surface area contributed by atoms with Crippen molar-refractivity contribution in [1.29, 1.82) is 0 Å². The quantitative estimate of drug-likeness (QED) is 0.739. The second-order valence-corrected chi connectivity index (χ2v) is 8.43. The number of nitrogens with zero attached hydrogens (tertiary/aromatic N) is 2. The Bertz CT molecular complexity index is 843. The number of benzene rings is 1. The number of ether oxygens (including phenoxy) is 1. The van der Waals surface area contributed by atoms with E-state index in [1.54, 1.807) is 25.6 Å². The fourth-order valence-electron chi connectivity index (χ4n) is 3.46. The molecule has 0 amide bonds. The van der Waals surface area contributed by atoms with Crippen LogP contribution < -0.4 is 9.62 Å². The Morgan fingerprint density at radius 3 is 2.46 bits per heavy atom. The predicted octanol–water partition coefficient (Wildman–Crippen LogP) is -0.0284. The first kappa shape index (κ1) is 19.0. The molecule has 7 nitrogen and oxygen atoms in total. The molecule has 1 fully saturated rings. The third kappa shape index (κ3) is 4.15. The molecule has 2 heterocycles. The lowest BCUT2D eigenvalue weighted by atomic mass is 10.1. The monoisotopic (exact) mass is 379 g/mol. The Balaban J connectivity index is 1.89. The highest BCUT2D eigenvalue weighted by molar-refractivity contribution is 7.89. The first-order valence-corrected chi connectivity index (χ1v) is 10.4. The maximum Gasteiger partial charge on any atom is 0.245 e. The van der Waals surface area contributed by atoms with Gasteiger partial charge in [-0.3, -0.25) is 4.68 Å². The standard InChI is InChI=1S/C18H26N4O3S/c1-14-18(15(2)21(3)19-14)26(23,24)20-17(16-7-5-4-6-8-16)13-22-9-11-25-12-10-22/h4-8,17,20H,9-13H2,1-3H3/p+1/t17-/m0/s1. The molecular weight excluding hydrogens is 352 g/mol. The van der Waals surface area contributed by atoms with E-state index in [1.807, 2.05) is 30.3 Å². The minimum absolute atomic E-state index is 0.276. The van der Waals surface area contributed by atoms with Crippen molar-refractivity contribution < 1.29 is 18.1 Å². The molecule has 0 spiro atoms. The lowest BCUT2D eigenvalue weighted by Gasteiger charge is -2.28. The van der Waals surface area contributed by atoms with Crippen molar-refractivity contribution >= 4 is 10.0 Å². The van der Waals surface area contributed by atoms with Crippen molar-refractivity contribution in [2.45, 2.75) is 24.8 Å². The van der Waals surface area contributed by atoms with Crippen LogP contribution in [0.4, 0.5) is 0 Å². The van der Waals surface area contributed by atoms with Gasteiger partial charge in [-0.2, -0.15) is 9.82 Å². The van der Waals surface area contributed by atoms with E-state index in [0.717, 1.165) is 18.7 Å². The van der Waals surface area contributed by atoms with E-state index in [2.05, 4.69) is 9.82 Å². The molecule has 0 unspecified atom stereocenters. The number of aromatic nitrogens is 2. The molecule has 1 aliphatic heterocycles. The number of morpholine rings is 1. The summed E-state index contributed by atoms with van der Waals surface area (Å²) in [6.45, 7) is 7.39. The molecule has 26 heavy (non-hydrogen) atoms. The lowest BCUT2D eigenvalue weighted by Crippen LogP contribution is -3.14. The van der Waals surface area contributed by atoms with E-state index in [-0.39, 0.29) is 10.9 Å². The summed E-state index contributed by atoms with van der Waals surface area (Å²) in [5.41, 5.74) is 2.12. The van der Waals surface area contributed by atoms with E-state index in [0.29, 0.717) is 31.1 Å². The Morgan fingerprint density at radius 1 is 1.23 bits per heavy atom. The molecule has 0 radical (unpaired) electrons. The molecule has 0 aliphatic carbocycles. The largest absolute Gasteiger partial charge is 0.370 e. The number of rotatable bonds is 6. The van der Waals surface area contributed by atoms with Crippen LogP contribution in [-0.4, -0.2) is 51.0 Å². The minimum Gasteiger partial charge on any atom is -0.370 e. The fraction of sp³-hybridized carbons (Fsp3) is 0.500. The van der Waals surface area contributed by atoms with Gasteiger partial charge in [0.15, 0.2) is 0 Å². The van der Waals surface area contributed by atoms with Crippen molar-refractivity contribution in [3.63, 3.8) is 0 Å². The van der Waals surface area contributed by atoms with Crippen molar-refractivity contribution in [3.05, 3.63) is 47.3 Å². The van der Waals surface area contributed by atoms with Gasteiger partial charge in [-0.05, 0) is 19.4 Å². The number of aryl methyl sites for hydroxylation is 2. The molecule has 1 saturated heterocycles. The summed E-state index contributed by atoms with van der Waals surface area (Å²) in [5.74, 6) is 0. The molecule has 0 bridgehead atoms. The Hall–Kier alpha value is -1.74. The van der Waals surface area contributed by atoms with Crippen molar-refractivity contribution in [3.8, 4) is 0 Å². The Labute approximate surface area is 155 Å². The number of hydrogen-bond acceptors (Lipinski definition) is 4. The normalized spacial score (nSPS) is 17.3. The first-order chi connectivity index (χ1) is 12.4. The zero-order valence-electron chi connectivity index (χ0n) is 15.5. The van der Waals surface area contributed by atoms with Gasteiger partial charge in [0.2, 0.25) is 10.0 Å². The predicted molar refractivity (Wildman–Crippen MR) is 98.6 cm³/mol. The summed E-state index contributed by atoms with van der Waals surface area (Å²) < 4.78 is 36.2. The van der Waals surface area contributed by atoms with E-state index in [9.17, 15) is 8.42 Å². The van der Waals surface area contributed by atoms with Crippen molar-refractivity contribution in [1.82, 2.24) is 14.5 Å². The van der Waals surface area contributed by atoms with Gasteiger partial charge in [0.05, 0.1) is 37.2 Å². The van der Waals surface area contributed by atoms with E-state index >= 15 is 0 Å². The number of nitrogens with one attached hydrogen (secondary N) is 2. The maximum atomic E-state index is 13.1. The molecule has 2 aromatic rings. The van der Waals surface area contributed by atoms with Crippen molar-refractivity contribution in [2.75, 3.05) is 32.8 Å². The highest BCUT2D eigenvalue weighted by Crippen LogP contribution is 2.21. The lowest BCUT2D eigenvalue weighted by molar-refractivity contribution is -0.909. The third-order valence-electron chi connectivity index (χ3n) is 4.90. The minimum atomic E-state index is -3.68. The van der Waals surface area contributed by atoms with Gasteiger partial charge >= 0.3 is 0 Å². The molecule has 8 heteroatoms. The zero-order chi connectivity index (χ0) is 18.7. The average molecular weight is 380 g/mol. The summed E-state index contributed by atoms with van der Waals surface area (Å²) in [4.78, 5) is 1.62. The Kier molecular flexibility index (Phi) is 5.76. The van der Waals surface area contributed by atoms with Gasteiger partial charge in [-0.15, -0.1) is 0 Å². The van der Waals surface area contributed by atoms with Crippen LogP contribution in [0.15, 0.2) is 35.2 Å². The van der Waals surface area contributed by atoms with Crippen LogP contribution in [0.3, 0.4) is 0 Å². The topological polar surface area (TPSA) is 77.7 Å². The van der Waals surface area contributed by atoms with Gasteiger partial charge < -0.3 is 9.64 Å². The second-order valence-electron chi connectivity index (χ2n) is 6.77. The second kappa shape index (κ2) is 7.87. The fourth-order valence-corrected chi connectivity index (χ4v) is 5.12. The molecule has 0 saturated carbocycles. The number of hydrogen-bond donors (Lipinski definition) is 2. The summed E-state index contributed by atoms with van der Waals surface area (Å²) in [5, 5.41) is 4.25. The van der Waals surface area contributed by atoms with Crippen LogP contribution in [0.5, 0.6) is 0 Å². The van der Waals surface area contributed by atoms with Crippen molar-refractivity contribution in [2.24, 2.45) is 7.05 Å². The van der Waals surface area contributed by atoms with E-state index < -0.39 is 10.0 Å². The molecule has 2 N–H and O–H groups in total. The SMILES string of the molecule is Cc1nn(C)c(C)c1S(=O)(=O)N[C@@H](C[NH+]1CCOCC1)c1ccccc1. The summed E-state index contributed by atoms with van der Waals surface area (Å²) in [6, 6.07) is 9.45. The van der Waals surface area contributed by atoms with Crippen LogP contribution in [0.1, 0.15) is 23.0 Å². The smallest absolute Gasteiger partial charge is 0.245 e. The molecule has 1 aliphatic rings. The highest BCUT2D eigenvalue weighted by Gasteiger charge is 2.30. The summed E-state index contributed by atoms with van der Waals surface area (Å²) in [6.07, 6.45) is 0. The third-order valence-corrected chi connectivity index (χ3v) is 6.63. The van der Waals surface area contributed by atoms with Gasteiger partial charge in [-0.1, -0.05) is 30.3 Å². The summed E-state index contributed by atoms with van der Waals surface area (Å²) >= 11 is 0. The molecule has 1 atom stereocenters. The summed E-state index contributed by atoms with van der Waals surface area (Å²) in [7, 11) is -1.92. The molecule has 1 aromatic carbocycles. The van der Waals surface area contributed by atoms with E-state index in [4.69, 9.17) is 4.74 Å². The number of sulfonamides is 1. The highest BCUT2D eigenvalue weighted by atomic mass is 32.2. The molecule has 3 rings (SSSR count). The van der Waals surface area contributed by atoms with E-state index in [1.165, 1.54) is 4.90 Å². The van der Waals surface area contributed by atoms with Crippen LogP contribution in [0.2, 0.25) is 0 Å². The van der Waals surface area contributed by atoms with Gasteiger partial charge in [0, 0.05) is 7.05 Å². The van der Waals surface area contributed by atoms with Crippen LogP contribution in [0, 0.1) is 13.8 Å². The van der Waals surface area contributed by atoms with Gasteiger partial charge in [0.25, 0.3) is 0 Å². The molecular formula is C18H27N4O3S+. The maximum absolute atomic E-state index is 13.1. The molecule has 142 valence electrons. The van der Waals surface area contributed by atoms with Gasteiger partial charge in [0.1, 0.15) is 18.0 Å². The average Bonchev–Trinajstić information content (AvgIpc) is 2.88. The zero-order valence-corrected chi connectivity index (χ0v) is 16.3. The van der Waals surface area contributed by atoms with Gasteiger partial charge in [-0.25, -0.2) is 8.42 Å². The Morgan fingerprint density at radius 2 is 1.88 bits per heavy atom. The molecule has 1 aromatic heterocycles. The van der Waals surface area contributed by atoms with Crippen LogP contribution >= 0.6 is 0 Å². The number of quaternary nitrogens is 1. The van der Waals surface area contributed by atoms with Crippen LogP contribution in [0.25, 0.3) is 0 Å². The first-order valence-electron chi connectivity index (χ1n) is 8.87. The van der Waals surface area contributed by atoms with Crippen LogP contribution in [-0.2, 0) is 21.8 Å².